The Balaban J connectivity index is 1.68. The van der Waals surface area contributed by atoms with Crippen molar-refractivity contribution >= 4 is 16.1 Å². The van der Waals surface area contributed by atoms with Gasteiger partial charge in [0, 0.05) is 39.1 Å². The largest absolute Gasteiger partial charge is 0.356 e. The van der Waals surface area contributed by atoms with Gasteiger partial charge in [-0.05, 0) is 30.6 Å². The minimum absolute atomic E-state index is 0.0531. The van der Waals surface area contributed by atoms with E-state index in [1.165, 1.54) is 0 Å². The molecule has 3 rings (SSSR count). The standard InChI is InChI=1S/C13H23N3O3S/c1-10-2-4-15(5-3-10)20(18,19)16-8-11-6-13(17)14-7-12(11)9-16/h10-12H,2-9H2,1H3,(H,14,17)/t11-,12+/m1/s1. The van der Waals surface area contributed by atoms with Gasteiger partial charge < -0.3 is 5.32 Å². The third kappa shape index (κ3) is 2.58. The molecule has 6 nitrogen and oxygen atoms in total. The van der Waals surface area contributed by atoms with Crippen molar-refractivity contribution in [2.24, 2.45) is 17.8 Å². The van der Waals surface area contributed by atoms with E-state index in [-0.39, 0.29) is 17.7 Å². The number of fused-ring (bicyclic) bond motifs is 1. The van der Waals surface area contributed by atoms with Crippen molar-refractivity contribution in [2.45, 2.75) is 26.2 Å². The van der Waals surface area contributed by atoms with Gasteiger partial charge in [0.25, 0.3) is 10.2 Å². The van der Waals surface area contributed by atoms with Crippen molar-refractivity contribution < 1.29 is 13.2 Å². The summed E-state index contributed by atoms with van der Waals surface area (Å²) in [7, 11) is -3.33. The number of nitrogens with zero attached hydrogens (tertiary/aromatic N) is 2. The van der Waals surface area contributed by atoms with Crippen molar-refractivity contribution in [1.82, 2.24) is 13.9 Å². The van der Waals surface area contributed by atoms with Gasteiger partial charge in [-0.25, -0.2) is 0 Å². The van der Waals surface area contributed by atoms with Crippen LogP contribution in [0.15, 0.2) is 0 Å². The van der Waals surface area contributed by atoms with E-state index in [4.69, 9.17) is 0 Å². The molecule has 0 aromatic heterocycles. The molecule has 0 spiro atoms. The van der Waals surface area contributed by atoms with Crippen molar-refractivity contribution in [3.63, 3.8) is 0 Å². The Morgan fingerprint density at radius 1 is 1.10 bits per heavy atom. The molecule has 0 aromatic carbocycles. The van der Waals surface area contributed by atoms with Gasteiger partial charge >= 0.3 is 0 Å². The molecule has 0 aromatic rings. The number of nitrogens with one attached hydrogen (secondary N) is 1. The smallest absolute Gasteiger partial charge is 0.281 e. The maximum atomic E-state index is 12.7. The van der Waals surface area contributed by atoms with E-state index >= 15 is 0 Å². The normalized spacial score (nSPS) is 34.0. The lowest BCUT2D eigenvalue weighted by atomic mass is 9.89. The van der Waals surface area contributed by atoms with Gasteiger partial charge in [0.2, 0.25) is 5.91 Å². The van der Waals surface area contributed by atoms with Gasteiger partial charge in [0.15, 0.2) is 0 Å². The maximum absolute atomic E-state index is 12.7. The van der Waals surface area contributed by atoms with Gasteiger partial charge in [-0.15, -0.1) is 0 Å². The number of amides is 1. The van der Waals surface area contributed by atoms with Crippen molar-refractivity contribution in [3.8, 4) is 0 Å². The summed E-state index contributed by atoms with van der Waals surface area (Å²) in [6, 6.07) is 0. The number of carbonyl (C=O) groups excluding carboxylic acids is 1. The van der Waals surface area contributed by atoms with Crippen molar-refractivity contribution in [1.29, 1.82) is 0 Å². The second-order valence-corrected chi connectivity index (χ2v) is 8.36. The van der Waals surface area contributed by atoms with Crippen LogP contribution in [-0.4, -0.2) is 55.7 Å². The summed E-state index contributed by atoms with van der Waals surface area (Å²) < 4.78 is 28.6. The molecule has 114 valence electrons. The Morgan fingerprint density at radius 2 is 1.75 bits per heavy atom. The Bertz CT molecular complexity index is 485. The van der Waals surface area contributed by atoms with Crippen LogP contribution >= 0.6 is 0 Å². The minimum Gasteiger partial charge on any atom is -0.356 e. The first-order valence-corrected chi connectivity index (χ1v) is 8.88. The highest BCUT2D eigenvalue weighted by Crippen LogP contribution is 2.32. The molecule has 0 bridgehead atoms. The fraction of sp³-hybridized carbons (Fsp3) is 0.923. The summed E-state index contributed by atoms with van der Waals surface area (Å²) >= 11 is 0. The topological polar surface area (TPSA) is 69.7 Å². The molecule has 7 heteroatoms. The first-order chi connectivity index (χ1) is 9.46. The van der Waals surface area contributed by atoms with E-state index in [1.807, 2.05) is 0 Å². The lowest BCUT2D eigenvalue weighted by molar-refractivity contribution is -0.124. The molecular formula is C13H23N3O3S. The molecule has 1 N–H and O–H groups in total. The van der Waals surface area contributed by atoms with E-state index < -0.39 is 10.2 Å². The third-order valence-corrected chi connectivity index (χ3v) is 6.92. The summed E-state index contributed by atoms with van der Waals surface area (Å²) in [6.45, 7) is 5.11. The van der Waals surface area contributed by atoms with Crippen LogP contribution in [0.25, 0.3) is 0 Å². The summed E-state index contributed by atoms with van der Waals surface area (Å²) in [5, 5.41) is 2.84. The fourth-order valence-corrected chi connectivity index (χ4v) is 5.24. The number of rotatable bonds is 2. The highest BCUT2D eigenvalue weighted by Gasteiger charge is 2.43. The van der Waals surface area contributed by atoms with Crippen LogP contribution in [-0.2, 0) is 15.0 Å². The third-order valence-electron chi connectivity index (χ3n) is 4.95. The molecule has 0 aliphatic carbocycles. The quantitative estimate of drug-likeness (QED) is 0.782. The molecular weight excluding hydrogens is 278 g/mol. The molecule has 3 aliphatic heterocycles. The lowest BCUT2D eigenvalue weighted by Gasteiger charge is -2.32. The van der Waals surface area contributed by atoms with Gasteiger partial charge in [0.1, 0.15) is 0 Å². The summed E-state index contributed by atoms with van der Waals surface area (Å²) in [4.78, 5) is 11.4. The van der Waals surface area contributed by atoms with E-state index in [0.717, 1.165) is 12.8 Å². The highest BCUT2D eigenvalue weighted by atomic mass is 32.2. The predicted molar refractivity (Wildman–Crippen MR) is 75.1 cm³/mol. The molecule has 20 heavy (non-hydrogen) atoms. The highest BCUT2D eigenvalue weighted by molar-refractivity contribution is 7.86. The van der Waals surface area contributed by atoms with E-state index in [2.05, 4.69) is 12.2 Å². The van der Waals surface area contributed by atoms with Gasteiger partial charge in [-0.2, -0.15) is 17.0 Å². The molecule has 2 atom stereocenters. The minimum atomic E-state index is -3.33. The second-order valence-electron chi connectivity index (χ2n) is 6.43. The zero-order valence-corrected chi connectivity index (χ0v) is 12.7. The SMILES string of the molecule is CC1CCN(S(=O)(=O)N2C[C@H]3CC(=O)NC[C@H]3C2)CC1. The number of piperidine rings is 2. The number of carbonyl (C=O) groups is 1. The number of hydrogen-bond donors (Lipinski definition) is 1. The van der Waals surface area contributed by atoms with Crippen LogP contribution in [0.5, 0.6) is 0 Å². The molecule has 0 saturated carbocycles. The second kappa shape index (κ2) is 5.27. The van der Waals surface area contributed by atoms with E-state index in [1.54, 1.807) is 8.61 Å². The zero-order chi connectivity index (χ0) is 14.3. The average molecular weight is 301 g/mol. The Morgan fingerprint density at radius 3 is 2.45 bits per heavy atom. The first kappa shape index (κ1) is 14.3. The van der Waals surface area contributed by atoms with Crippen LogP contribution < -0.4 is 5.32 Å². The van der Waals surface area contributed by atoms with Crippen LogP contribution in [0.2, 0.25) is 0 Å². The zero-order valence-electron chi connectivity index (χ0n) is 11.9. The van der Waals surface area contributed by atoms with Crippen LogP contribution in [0.1, 0.15) is 26.2 Å². The van der Waals surface area contributed by atoms with E-state index in [9.17, 15) is 13.2 Å². The Labute approximate surface area is 120 Å². The van der Waals surface area contributed by atoms with Crippen LogP contribution in [0.4, 0.5) is 0 Å². The van der Waals surface area contributed by atoms with Crippen molar-refractivity contribution in [2.75, 3.05) is 32.7 Å². The molecule has 3 fully saturated rings. The Hall–Kier alpha value is -0.660. The summed E-state index contributed by atoms with van der Waals surface area (Å²) in [5.74, 6) is 1.15. The van der Waals surface area contributed by atoms with Crippen LogP contribution in [0, 0.1) is 17.8 Å². The monoisotopic (exact) mass is 301 g/mol. The van der Waals surface area contributed by atoms with E-state index in [0.29, 0.717) is 45.1 Å². The first-order valence-electron chi connectivity index (χ1n) is 7.48. The van der Waals surface area contributed by atoms with Gasteiger partial charge in [-0.3, -0.25) is 4.79 Å². The predicted octanol–water partition coefficient (Wildman–Crippen LogP) is 0.0310. The molecule has 1 amide bonds. The molecule has 3 saturated heterocycles. The molecule has 0 unspecified atom stereocenters. The fourth-order valence-electron chi connectivity index (χ4n) is 3.48. The average Bonchev–Trinajstić information content (AvgIpc) is 2.83. The Kier molecular flexibility index (Phi) is 3.77. The summed E-state index contributed by atoms with van der Waals surface area (Å²) in [6.07, 6.45) is 2.35. The molecule has 0 radical (unpaired) electrons. The van der Waals surface area contributed by atoms with Gasteiger partial charge in [-0.1, -0.05) is 6.92 Å². The summed E-state index contributed by atoms with van der Waals surface area (Å²) in [5.41, 5.74) is 0. The van der Waals surface area contributed by atoms with Gasteiger partial charge in [0.05, 0.1) is 0 Å². The lowest BCUT2D eigenvalue weighted by Crippen LogP contribution is -2.46. The molecule has 3 heterocycles. The maximum Gasteiger partial charge on any atom is 0.281 e. The molecule has 3 aliphatic rings. The van der Waals surface area contributed by atoms with Crippen LogP contribution in [0.3, 0.4) is 0 Å². The number of hydrogen-bond acceptors (Lipinski definition) is 3. The van der Waals surface area contributed by atoms with Crippen molar-refractivity contribution in [3.05, 3.63) is 0 Å².